The summed E-state index contributed by atoms with van der Waals surface area (Å²) in [7, 11) is 1.62. The summed E-state index contributed by atoms with van der Waals surface area (Å²) in [6.07, 6.45) is 4.63. The van der Waals surface area contributed by atoms with Gasteiger partial charge in [-0.1, -0.05) is 18.2 Å². The van der Waals surface area contributed by atoms with Crippen LogP contribution in [0.5, 0.6) is 5.75 Å². The third-order valence-electron chi connectivity index (χ3n) is 3.10. The van der Waals surface area contributed by atoms with E-state index >= 15 is 0 Å². The third-order valence-corrected chi connectivity index (χ3v) is 3.10. The molecule has 0 unspecified atom stereocenters. The quantitative estimate of drug-likeness (QED) is 0.552. The van der Waals surface area contributed by atoms with E-state index in [1.807, 2.05) is 30.3 Å². The number of ether oxygens (including phenoxy) is 2. The molecule has 2 aromatic rings. The molecule has 0 N–H and O–H groups in total. The van der Waals surface area contributed by atoms with Gasteiger partial charge in [-0.2, -0.15) is 0 Å². The fraction of sp³-hybridized carbons (Fsp3) is 0.294. The van der Waals surface area contributed by atoms with Gasteiger partial charge in [-0.15, -0.1) is 0 Å². The van der Waals surface area contributed by atoms with Crippen molar-refractivity contribution in [3.8, 4) is 5.75 Å². The number of rotatable bonds is 8. The molecule has 1 aromatic carbocycles. The molecule has 110 valence electrons. The van der Waals surface area contributed by atoms with Crippen LogP contribution in [0.1, 0.15) is 22.3 Å². The summed E-state index contributed by atoms with van der Waals surface area (Å²) < 4.78 is 10.5. The summed E-state index contributed by atoms with van der Waals surface area (Å²) in [5, 5.41) is 0. The minimum atomic E-state index is 0.0758. The molecule has 0 spiro atoms. The van der Waals surface area contributed by atoms with Crippen molar-refractivity contribution in [3.05, 3.63) is 59.9 Å². The maximum atomic E-state index is 12.3. The number of hydrogen-bond acceptors (Lipinski definition) is 4. The summed E-state index contributed by atoms with van der Waals surface area (Å²) in [6.45, 7) is 0.932. The lowest BCUT2D eigenvalue weighted by Crippen LogP contribution is -2.09. The average Bonchev–Trinajstić information content (AvgIpc) is 2.54. The normalized spacial score (nSPS) is 10.3. The Balaban J connectivity index is 1.98. The van der Waals surface area contributed by atoms with Gasteiger partial charge in [-0.25, -0.2) is 0 Å². The van der Waals surface area contributed by atoms with Gasteiger partial charge in [0.1, 0.15) is 12.4 Å². The minimum absolute atomic E-state index is 0.0758. The van der Waals surface area contributed by atoms with Crippen molar-refractivity contribution in [1.29, 1.82) is 0 Å². The maximum Gasteiger partial charge on any atom is 0.166 e. The number of para-hydroxylation sites is 1. The highest BCUT2D eigenvalue weighted by molar-refractivity contribution is 5.98. The topological polar surface area (TPSA) is 48.4 Å². The third kappa shape index (κ3) is 4.68. The van der Waals surface area contributed by atoms with Crippen LogP contribution in [-0.2, 0) is 11.2 Å². The van der Waals surface area contributed by atoms with Gasteiger partial charge < -0.3 is 9.47 Å². The van der Waals surface area contributed by atoms with Gasteiger partial charge in [0.05, 0.1) is 12.2 Å². The molecule has 1 aromatic heterocycles. The Bertz CT molecular complexity index is 569. The fourth-order valence-corrected chi connectivity index (χ4v) is 2.00. The molecule has 0 radical (unpaired) electrons. The highest BCUT2D eigenvalue weighted by Crippen LogP contribution is 2.20. The number of pyridine rings is 1. The number of nitrogens with zero attached hydrogens (tertiary/aromatic N) is 1. The highest BCUT2D eigenvalue weighted by atomic mass is 16.5. The molecular weight excluding hydrogens is 266 g/mol. The zero-order valence-electron chi connectivity index (χ0n) is 12.1. The van der Waals surface area contributed by atoms with Crippen LogP contribution in [0.25, 0.3) is 0 Å². The molecule has 0 saturated heterocycles. The predicted molar refractivity (Wildman–Crippen MR) is 80.7 cm³/mol. The molecule has 21 heavy (non-hydrogen) atoms. The number of carbonyl (C=O) groups is 1. The number of methoxy groups -OCH3 is 1. The lowest BCUT2D eigenvalue weighted by Gasteiger charge is -2.10. The van der Waals surface area contributed by atoms with Crippen LogP contribution in [0.15, 0.2) is 48.8 Å². The van der Waals surface area contributed by atoms with E-state index in [1.165, 1.54) is 0 Å². The largest absolute Gasteiger partial charge is 0.490 e. The monoisotopic (exact) mass is 285 g/mol. The molecule has 4 nitrogen and oxygen atoms in total. The van der Waals surface area contributed by atoms with Crippen molar-refractivity contribution < 1.29 is 14.3 Å². The first kappa shape index (κ1) is 15.2. The number of hydrogen-bond donors (Lipinski definition) is 0. The molecule has 1 heterocycles. The average molecular weight is 285 g/mol. The summed E-state index contributed by atoms with van der Waals surface area (Å²) in [6, 6.07) is 11.2. The number of Topliss-reactive ketones (excluding diaryl/α,β-unsaturated/α-hetero) is 1. The van der Waals surface area contributed by atoms with Gasteiger partial charge in [0.25, 0.3) is 0 Å². The summed E-state index contributed by atoms with van der Waals surface area (Å²) in [5.41, 5.74) is 1.68. The number of carbonyl (C=O) groups excluding carboxylic acids is 1. The fourth-order valence-electron chi connectivity index (χ4n) is 2.00. The Labute approximate surface area is 124 Å². The first-order chi connectivity index (χ1) is 10.3. The lowest BCUT2D eigenvalue weighted by molar-refractivity contribution is 0.0975. The standard InChI is InChI=1S/C17H19NO3/c1-20-11-12-21-17-7-3-2-6-15(17)16(19)9-8-14-5-4-10-18-13-14/h2-7,10,13H,8-9,11-12H2,1H3. The molecule has 4 heteroatoms. The molecule has 0 aliphatic rings. The summed E-state index contributed by atoms with van der Waals surface area (Å²) >= 11 is 0. The zero-order chi connectivity index (χ0) is 14.9. The molecule has 0 bridgehead atoms. The smallest absolute Gasteiger partial charge is 0.166 e. The molecule has 0 saturated carbocycles. The van der Waals surface area contributed by atoms with E-state index in [9.17, 15) is 4.79 Å². The molecule has 0 amide bonds. The molecule has 0 aliphatic carbocycles. The molecule has 0 atom stereocenters. The number of ketones is 1. The minimum Gasteiger partial charge on any atom is -0.490 e. The van der Waals surface area contributed by atoms with Crippen molar-refractivity contribution in [2.75, 3.05) is 20.3 Å². The Morgan fingerprint density at radius 3 is 2.76 bits per heavy atom. The second kappa shape index (κ2) is 8.17. The van der Waals surface area contributed by atoms with Crippen LogP contribution < -0.4 is 4.74 Å². The van der Waals surface area contributed by atoms with Gasteiger partial charge in [-0.05, 0) is 30.2 Å². The van der Waals surface area contributed by atoms with E-state index in [0.29, 0.717) is 37.4 Å². The van der Waals surface area contributed by atoms with Crippen molar-refractivity contribution in [2.45, 2.75) is 12.8 Å². The summed E-state index contributed by atoms with van der Waals surface area (Å²) in [5.74, 6) is 0.692. The van der Waals surface area contributed by atoms with Crippen LogP contribution in [0.2, 0.25) is 0 Å². The summed E-state index contributed by atoms with van der Waals surface area (Å²) in [4.78, 5) is 16.4. The number of benzene rings is 1. The van der Waals surface area contributed by atoms with Crippen LogP contribution in [0.4, 0.5) is 0 Å². The second-order valence-corrected chi connectivity index (χ2v) is 4.62. The van der Waals surface area contributed by atoms with Gasteiger partial charge in [-0.3, -0.25) is 9.78 Å². The highest BCUT2D eigenvalue weighted by Gasteiger charge is 2.12. The van der Waals surface area contributed by atoms with Gasteiger partial charge in [0, 0.05) is 25.9 Å². The number of aryl methyl sites for hydroxylation is 1. The van der Waals surface area contributed by atoms with Crippen LogP contribution in [-0.4, -0.2) is 31.1 Å². The van der Waals surface area contributed by atoms with E-state index < -0.39 is 0 Å². The van der Waals surface area contributed by atoms with E-state index in [1.54, 1.807) is 25.6 Å². The first-order valence-corrected chi connectivity index (χ1v) is 6.94. The SMILES string of the molecule is COCCOc1ccccc1C(=O)CCc1cccnc1. The van der Waals surface area contributed by atoms with Crippen molar-refractivity contribution in [2.24, 2.45) is 0 Å². The predicted octanol–water partition coefficient (Wildman–Crippen LogP) is 2.92. The Hall–Kier alpha value is -2.20. The Morgan fingerprint density at radius 1 is 1.14 bits per heavy atom. The second-order valence-electron chi connectivity index (χ2n) is 4.62. The number of aromatic nitrogens is 1. The van der Waals surface area contributed by atoms with Crippen LogP contribution in [0.3, 0.4) is 0 Å². The van der Waals surface area contributed by atoms with Crippen LogP contribution in [0, 0.1) is 0 Å². The van der Waals surface area contributed by atoms with E-state index in [2.05, 4.69) is 4.98 Å². The van der Waals surface area contributed by atoms with Crippen molar-refractivity contribution in [1.82, 2.24) is 4.98 Å². The van der Waals surface area contributed by atoms with Gasteiger partial charge in [0.2, 0.25) is 0 Å². The lowest BCUT2D eigenvalue weighted by atomic mass is 10.0. The van der Waals surface area contributed by atoms with E-state index in [-0.39, 0.29) is 5.78 Å². The van der Waals surface area contributed by atoms with Crippen LogP contribution >= 0.6 is 0 Å². The first-order valence-electron chi connectivity index (χ1n) is 6.94. The molecule has 0 fully saturated rings. The zero-order valence-corrected chi connectivity index (χ0v) is 12.1. The van der Waals surface area contributed by atoms with Crippen molar-refractivity contribution >= 4 is 5.78 Å². The Morgan fingerprint density at radius 2 is 2.00 bits per heavy atom. The van der Waals surface area contributed by atoms with Crippen molar-refractivity contribution in [3.63, 3.8) is 0 Å². The van der Waals surface area contributed by atoms with E-state index in [4.69, 9.17) is 9.47 Å². The Kier molecular flexibility index (Phi) is 5.91. The van der Waals surface area contributed by atoms with Gasteiger partial charge >= 0.3 is 0 Å². The van der Waals surface area contributed by atoms with Gasteiger partial charge in [0.15, 0.2) is 5.78 Å². The molecule has 2 rings (SSSR count). The molecule has 0 aliphatic heterocycles. The molecular formula is C17H19NO3. The maximum absolute atomic E-state index is 12.3. The van der Waals surface area contributed by atoms with E-state index in [0.717, 1.165) is 5.56 Å².